The van der Waals surface area contributed by atoms with E-state index in [4.69, 9.17) is 0 Å². The number of anilines is 1. The number of benzene rings is 2. The maximum Gasteiger partial charge on any atom is 0.416 e. The Labute approximate surface area is 185 Å². The van der Waals surface area contributed by atoms with E-state index in [2.05, 4.69) is 5.32 Å². The molecule has 0 radical (unpaired) electrons. The number of piperidine rings is 1. The van der Waals surface area contributed by atoms with E-state index in [9.17, 15) is 26.4 Å². The first kappa shape index (κ1) is 22.6. The van der Waals surface area contributed by atoms with Crippen molar-refractivity contribution in [3.8, 4) is 0 Å². The molecule has 10 heteroatoms. The molecule has 1 aliphatic heterocycles. The molecule has 1 saturated heterocycles. The lowest BCUT2D eigenvalue weighted by atomic mass is 10.1. The molecule has 2 aromatic carbocycles. The smallest absolute Gasteiger partial charge is 0.324 e. The van der Waals surface area contributed by atoms with Gasteiger partial charge in [-0.3, -0.25) is 0 Å². The van der Waals surface area contributed by atoms with Gasteiger partial charge in [0.2, 0.25) is 10.0 Å². The van der Waals surface area contributed by atoms with Crippen LogP contribution in [-0.4, -0.2) is 48.8 Å². The van der Waals surface area contributed by atoms with Crippen LogP contribution in [-0.2, 0) is 16.2 Å². The summed E-state index contributed by atoms with van der Waals surface area (Å²) in [6, 6.07) is 12.1. The van der Waals surface area contributed by atoms with Gasteiger partial charge in [0.25, 0.3) is 0 Å². The molecule has 0 spiro atoms. The Morgan fingerprint density at radius 1 is 0.938 bits per heavy atom. The van der Waals surface area contributed by atoms with E-state index < -0.39 is 21.8 Å². The Morgan fingerprint density at radius 2 is 1.56 bits per heavy atom. The van der Waals surface area contributed by atoms with Crippen LogP contribution in [0.5, 0.6) is 0 Å². The van der Waals surface area contributed by atoms with E-state index >= 15 is 0 Å². The number of likely N-dealkylation sites (tertiary alicyclic amines) is 1. The first-order valence-corrected chi connectivity index (χ1v) is 11.9. The SMILES string of the molecule is O=C(Nc1ccccc1)N1CCC(N(C2CC2)S(=O)(=O)c2cccc(C(F)(F)F)c2)CC1. The predicted molar refractivity (Wildman–Crippen MR) is 114 cm³/mol. The number of para-hydroxylation sites is 1. The summed E-state index contributed by atoms with van der Waals surface area (Å²) in [5.41, 5.74) is -0.312. The highest BCUT2D eigenvalue weighted by Gasteiger charge is 2.44. The van der Waals surface area contributed by atoms with Crippen molar-refractivity contribution in [1.29, 1.82) is 0 Å². The van der Waals surface area contributed by atoms with Crippen LogP contribution < -0.4 is 5.32 Å². The zero-order chi connectivity index (χ0) is 22.9. The third-order valence-electron chi connectivity index (χ3n) is 5.78. The molecular weight excluding hydrogens is 443 g/mol. The van der Waals surface area contributed by atoms with Crippen molar-refractivity contribution in [3.05, 3.63) is 60.2 Å². The topological polar surface area (TPSA) is 69.7 Å². The summed E-state index contributed by atoms with van der Waals surface area (Å²) in [5, 5.41) is 2.82. The summed E-state index contributed by atoms with van der Waals surface area (Å²) in [4.78, 5) is 13.8. The van der Waals surface area contributed by atoms with Crippen molar-refractivity contribution in [3.63, 3.8) is 0 Å². The lowest BCUT2D eigenvalue weighted by Gasteiger charge is -2.38. The van der Waals surface area contributed by atoms with Crippen LogP contribution in [0, 0.1) is 0 Å². The number of hydrogen-bond donors (Lipinski definition) is 1. The first-order chi connectivity index (χ1) is 15.2. The summed E-state index contributed by atoms with van der Waals surface area (Å²) in [6.07, 6.45) is -2.39. The Hall–Kier alpha value is -2.59. The van der Waals surface area contributed by atoms with Gasteiger partial charge in [0, 0.05) is 30.9 Å². The number of nitrogens with zero attached hydrogens (tertiary/aromatic N) is 2. The molecule has 2 aliphatic rings. The minimum Gasteiger partial charge on any atom is -0.324 e. The lowest BCUT2D eigenvalue weighted by Crippen LogP contribution is -2.50. The molecule has 6 nitrogen and oxygen atoms in total. The number of urea groups is 1. The van der Waals surface area contributed by atoms with Gasteiger partial charge < -0.3 is 10.2 Å². The van der Waals surface area contributed by atoms with Crippen LogP contribution in [0.3, 0.4) is 0 Å². The number of hydrogen-bond acceptors (Lipinski definition) is 3. The lowest BCUT2D eigenvalue weighted by molar-refractivity contribution is -0.137. The van der Waals surface area contributed by atoms with Crippen LogP contribution in [0.1, 0.15) is 31.2 Å². The molecule has 1 heterocycles. The molecule has 1 N–H and O–H groups in total. The highest BCUT2D eigenvalue weighted by atomic mass is 32.2. The molecule has 0 bridgehead atoms. The predicted octanol–water partition coefficient (Wildman–Crippen LogP) is 4.56. The van der Waals surface area contributed by atoms with Crippen LogP contribution in [0.25, 0.3) is 0 Å². The van der Waals surface area contributed by atoms with Crippen molar-refractivity contribution in [1.82, 2.24) is 9.21 Å². The Kier molecular flexibility index (Phi) is 6.17. The monoisotopic (exact) mass is 467 g/mol. The average molecular weight is 468 g/mol. The maximum atomic E-state index is 13.3. The second-order valence-corrected chi connectivity index (χ2v) is 9.95. The normalized spacial score (nSPS) is 18.1. The maximum absolute atomic E-state index is 13.3. The number of halogens is 3. The molecule has 0 atom stereocenters. The zero-order valence-electron chi connectivity index (χ0n) is 17.3. The number of carbonyl (C=O) groups is 1. The van der Waals surface area contributed by atoms with E-state index in [1.165, 1.54) is 10.4 Å². The molecule has 0 unspecified atom stereocenters. The fraction of sp³-hybridized carbons (Fsp3) is 0.409. The molecule has 2 fully saturated rings. The number of carbonyl (C=O) groups excluding carboxylic acids is 1. The zero-order valence-corrected chi connectivity index (χ0v) is 18.1. The van der Waals surface area contributed by atoms with Gasteiger partial charge in [0.15, 0.2) is 0 Å². The second kappa shape index (κ2) is 8.74. The highest BCUT2D eigenvalue weighted by molar-refractivity contribution is 7.89. The Morgan fingerprint density at radius 3 is 2.16 bits per heavy atom. The van der Waals surface area contributed by atoms with Crippen molar-refractivity contribution in [2.24, 2.45) is 0 Å². The van der Waals surface area contributed by atoms with E-state index in [-0.39, 0.29) is 23.0 Å². The van der Waals surface area contributed by atoms with Gasteiger partial charge in [0.1, 0.15) is 0 Å². The third kappa shape index (κ3) is 4.91. The standard InChI is InChI=1S/C22H24F3N3O3S/c23-22(24,25)16-5-4-8-20(15-16)32(30,31)28(18-9-10-18)19-11-13-27(14-12-19)21(29)26-17-6-2-1-3-7-17/h1-8,15,18-19H,9-14H2,(H,26,29). The molecule has 0 aromatic heterocycles. The molecular formula is C22H24F3N3O3S. The summed E-state index contributed by atoms with van der Waals surface area (Å²) in [5.74, 6) is 0. The number of sulfonamides is 1. The van der Waals surface area contributed by atoms with Crippen LogP contribution >= 0.6 is 0 Å². The Bertz CT molecular complexity index is 1060. The number of alkyl halides is 3. The van der Waals surface area contributed by atoms with Crippen LogP contribution in [0.15, 0.2) is 59.5 Å². The number of rotatable bonds is 5. The summed E-state index contributed by atoms with van der Waals surface area (Å²) >= 11 is 0. The van der Waals surface area contributed by atoms with Gasteiger partial charge in [-0.25, -0.2) is 13.2 Å². The van der Waals surface area contributed by atoms with Gasteiger partial charge in [-0.2, -0.15) is 17.5 Å². The molecule has 172 valence electrons. The van der Waals surface area contributed by atoms with Crippen molar-refractivity contribution < 1.29 is 26.4 Å². The molecule has 1 saturated carbocycles. The van der Waals surface area contributed by atoms with Gasteiger partial charge in [-0.05, 0) is 56.0 Å². The second-order valence-electron chi connectivity index (χ2n) is 8.11. The van der Waals surface area contributed by atoms with Gasteiger partial charge in [0.05, 0.1) is 10.5 Å². The van der Waals surface area contributed by atoms with E-state index in [1.807, 2.05) is 18.2 Å². The van der Waals surface area contributed by atoms with Crippen LogP contribution in [0.4, 0.5) is 23.7 Å². The van der Waals surface area contributed by atoms with Crippen molar-refractivity contribution >= 4 is 21.7 Å². The minimum absolute atomic E-state index is 0.204. The molecule has 2 amide bonds. The molecule has 4 rings (SSSR count). The molecule has 2 aromatic rings. The first-order valence-electron chi connectivity index (χ1n) is 10.5. The van der Waals surface area contributed by atoms with Crippen LogP contribution in [0.2, 0.25) is 0 Å². The van der Waals surface area contributed by atoms with Gasteiger partial charge >= 0.3 is 12.2 Å². The number of amides is 2. The summed E-state index contributed by atoms with van der Waals surface area (Å²) < 4.78 is 67.3. The highest BCUT2D eigenvalue weighted by Crippen LogP contribution is 2.38. The van der Waals surface area contributed by atoms with E-state index in [0.717, 1.165) is 12.1 Å². The summed E-state index contributed by atoms with van der Waals surface area (Å²) in [6.45, 7) is 0.731. The largest absolute Gasteiger partial charge is 0.416 e. The fourth-order valence-electron chi connectivity index (χ4n) is 4.02. The van der Waals surface area contributed by atoms with Gasteiger partial charge in [-0.1, -0.05) is 24.3 Å². The van der Waals surface area contributed by atoms with E-state index in [0.29, 0.717) is 50.5 Å². The fourth-order valence-corrected chi connectivity index (χ4v) is 6.00. The van der Waals surface area contributed by atoms with Crippen molar-refractivity contribution in [2.75, 3.05) is 18.4 Å². The molecule has 32 heavy (non-hydrogen) atoms. The van der Waals surface area contributed by atoms with Crippen molar-refractivity contribution in [2.45, 2.75) is 48.8 Å². The third-order valence-corrected chi connectivity index (χ3v) is 7.78. The summed E-state index contributed by atoms with van der Waals surface area (Å²) in [7, 11) is -4.09. The average Bonchev–Trinajstić information content (AvgIpc) is 3.59. The van der Waals surface area contributed by atoms with Gasteiger partial charge in [-0.15, -0.1) is 0 Å². The Balaban J connectivity index is 1.47. The number of nitrogens with one attached hydrogen (secondary N) is 1. The quantitative estimate of drug-likeness (QED) is 0.701. The van der Waals surface area contributed by atoms with E-state index in [1.54, 1.807) is 17.0 Å². The molecule has 1 aliphatic carbocycles. The minimum atomic E-state index is -4.62.